The smallest absolute Gasteiger partial charge is 0.296 e. The van der Waals surface area contributed by atoms with Crippen LogP contribution in [0.3, 0.4) is 0 Å². The van der Waals surface area contributed by atoms with Crippen molar-refractivity contribution in [1.29, 1.82) is 0 Å². The molecule has 19 heavy (non-hydrogen) atoms. The summed E-state index contributed by atoms with van der Waals surface area (Å²) in [6.07, 6.45) is 0.419. The second kappa shape index (κ2) is 5.66. The molecule has 1 unspecified atom stereocenters. The van der Waals surface area contributed by atoms with E-state index in [0.29, 0.717) is 12.2 Å². The van der Waals surface area contributed by atoms with E-state index >= 15 is 0 Å². The maximum absolute atomic E-state index is 11.9. The van der Waals surface area contributed by atoms with E-state index in [2.05, 4.69) is 5.32 Å². The van der Waals surface area contributed by atoms with Crippen LogP contribution in [0.25, 0.3) is 0 Å². The quantitative estimate of drug-likeness (QED) is 0.623. The van der Waals surface area contributed by atoms with Crippen molar-refractivity contribution in [2.45, 2.75) is 25.8 Å². The lowest BCUT2D eigenvalue weighted by molar-refractivity contribution is -0.384. The highest BCUT2D eigenvalue weighted by Crippen LogP contribution is 2.29. The van der Waals surface area contributed by atoms with Crippen LogP contribution in [0.2, 0.25) is 0 Å². The van der Waals surface area contributed by atoms with Gasteiger partial charge in [-0.1, -0.05) is 6.92 Å². The van der Waals surface area contributed by atoms with Crippen LogP contribution in [0.5, 0.6) is 5.75 Å². The second-order valence-corrected chi connectivity index (χ2v) is 4.37. The van der Waals surface area contributed by atoms with Crippen LogP contribution in [0.1, 0.15) is 20.3 Å². The molecule has 0 aliphatic heterocycles. The van der Waals surface area contributed by atoms with Gasteiger partial charge in [-0.15, -0.1) is 0 Å². The van der Waals surface area contributed by atoms with Gasteiger partial charge in [0, 0.05) is 0 Å². The maximum atomic E-state index is 11.9. The lowest BCUT2D eigenvalue weighted by Gasteiger charge is -2.21. The molecule has 0 aliphatic rings. The van der Waals surface area contributed by atoms with Gasteiger partial charge in [0.1, 0.15) is 11.4 Å². The number of nitro groups is 1. The van der Waals surface area contributed by atoms with Gasteiger partial charge in [-0.25, -0.2) is 0 Å². The molecule has 1 rings (SSSR count). The van der Waals surface area contributed by atoms with Gasteiger partial charge < -0.3 is 15.8 Å². The first-order valence-corrected chi connectivity index (χ1v) is 5.74. The van der Waals surface area contributed by atoms with Gasteiger partial charge >= 0.3 is 0 Å². The Bertz CT molecular complexity index is 500. The molecule has 104 valence electrons. The summed E-state index contributed by atoms with van der Waals surface area (Å²) in [4.78, 5) is 22.3. The monoisotopic (exact) mass is 267 g/mol. The molecular formula is C12H17N3O4. The number of hydrogen-bond donors (Lipinski definition) is 2. The zero-order valence-corrected chi connectivity index (χ0v) is 11.1. The van der Waals surface area contributed by atoms with Gasteiger partial charge in [-0.2, -0.15) is 0 Å². The molecule has 1 aromatic carbocycles. The summed E-state index contributed by atoms with van der Waals surface area (Å²) in [5.41, 5.74) is 4.57. The van der Waals surface area contributed by atoms with Crippen LogP contribution in [0.15, 0.2) is 18.2 Å². The van der Waals surface area contributed by atoms with Gasteiger partial charge in [0.15, 0.2) is 0 Å². The summed E-state index contributed by atoms with van der Waals surface area (Å²) < 4.78 is 4.91. The van der Waals surface area contributed by atoms with E-state index in [1.807, 2.05) is 0 Å². The number of methoxy groups -OCH3 is 1. The number of carbonyl (C=O) groups excluding carboxylic acids is 1. The van der Waals surface area contributed by atoms with Crippen molar-refractivity contribution in [1.82, 2.24) is 0 Å². The molecule has 0 spiro atoms. The Balaban J connectivity index is 3.08. The highest BCUT2D eigenvalue weighted by Gasteiger charge is 2.28. The third kappa shape index (κ3) is 3.41. The van der Waals surface area contributed by atoms with Crippen molar-refractivity contribution in [3.63, 3.8) is 0 Å². The SMILES string of the molecule is CCC(C)(N)C(=O)Nc1ccc(OC)cc1[N+](=O)[O-]. The second-order valence-electron chi connectivity index (χ2n) is 4.37. The zero-order valence-electron chi connectivity index (χ0n) is 11.1. The standard InChI is InChI=1S/C12H17N3O4/c1-4-12(2,13)11(16)14-9-6-5-8(19-3)7-10(9)15(17)18/h5-7H,4,13H2,1-3H3,(H,14,16). The van der Waals surface area contributed by atoms with Crippen molar-refractivity contribution in [3.8, 4) is 5.75 Å². The summed E-state index contributed by atoms with van der Waals surface area (Å²) in [6, 6.07) is 4.19. The lowest BCUT2D eigenvalue weighted by atomic mass is 9.99. The average molecular weight is 267 g/mol. The molecule has 0 saturated carbocycles. The minimum atomic E-state index is -1.08. The number of nitrogens with two attached hydrogens (primary N) is 1. The Morgan fingerprint density at radius 3 is 2.68 bits per heavy atom. The number of nitrogens with one attached hydrogen (secondary N) is 1. The maximum Gasteiger partial charge on any atom is 0.296 e. The minimum absolute atomic E-state index is 0.0981. The third-order valence-corrected chi connectivity index (χ3v) is 2.90. The van der Waals surface area contributed by atoms with Crippen molar-refractivity contribution < 1.29 is 14.5 Å². The van der Waals surface area contributed by atoms with Crippen molar-refractivity contribution in [3.05, 3.63) is 28.3 Å². The van der Waals surface area contributed by atoms with Gasteiger partial charge in [0.25, 0.3) is 5.69 Å². The molecule has 1 amide bonds. The number of hydrogen-bond acceptors (Lipinski definition) is 5. The molecule has 0 saturated heterocycles. The van der Waals surface area contributed by atoms with Crippen molar-refractivity contribution in [2.24, 2.45) is 5.73 Å². The predicted octanol–water partition coefficient (Wildman–Crippen LogP) is 1.67. The molecule has 0 aromatic heterocycles. The minimum Gasteiger partial charge on any atom is -0.496 e. The Morgan fingerprint density at radius 1 is 1.58 bits per heavy atom. The molecule has 1 atom stereocenters. The van der Waals surface area contributed by atoms with E-state index in [0.717, 1.165) is 0 Å². The van der Waals surface area contributed by atoms with Crippen LogP contribution in [0, 0.1) is 10.1 Å². The summed E-state index contributed by atoms with van der Waals surface area (Å²) in [5.74, 6) is -0.126. The van der Waals surface area contributed by atoms with Gasteiger partial charge in [0.05, 0.1) is 23.6 Å². The number of amides is 1. The van der Waals surface area contributed by atoms with Gasteiger partial charge in [0.2, 0.25) is 5.91 Å². The number of nitro benzene ring substituents is 1. The van der Waals surface area contributed by atoms with Crippen LogP contribution in [-0.4, -0.2) is 23.5 Å². The molecule has 0 fully saturated rings. The third-order valence-electron chi connectivity index (χ3n) is 2.90. The van der Waals surface area contributed by atoms with Crippen molar-refractivity contribution >= 4 is 17.3 Å². The van der Waals surface area contributed by atoms with E-state index < -0.39 is 16.4 Å². The normalized spacial score (nSPS) is 13.5. The number of rotatable bonds is 5. The fraction of sp³-hybridized carbons (Fsp3) is 0.417. The fourth-order valence-corrected chi connectivity index (χ4v) is 1.32. The average Bonchev–Trinajstić information content (AvgIpc) is 2.38. The Kier molecular flexibility index (Phi) is 4.44. The first-order chi connectivity index (χ1) is 8.81. The number of ether oxygens (including phenoxy) is 1. The molecule has 7 heteroatoms. The first kappa shape index (κ1) is 14.9. The molecular weight excluding hydrogens is 250 g/mol. The van der Waals surface area contributed by atoms with Gasteiger partial charge in [-0.3, -0.25) is 14.9 Å². The van der Waals surface area contributed by atoms with E-state index in [1.54, 1.807) is 13.8 Å². The number of benzene rings is 1. The Labute approximate surface area is 110 Å². The van der Waals surface area contributed by atoms with E-state index in [4.69, 9.17) is 10.5 Å². The molecule has 0 aliphatic carbocycles. The summed E-state index contributed by atoms with van der Waals surface area (Å²) >= 11 is 0. The molecule has 0 radical (unpaired) electrons. The summed E-state index contributed by atoms with van der Waals surface area (Å²) in [6.45, 7) is 3.33. The van der Waals surface area contributed by atoms with E-state index in [1.165, 1.54) is 25.3 Å². The molecule has 0 heterocycles. The highest BCUT2D eigenvalue weighted by molar-refractivity contribution is 5.99. The van der Waals surface area contributed by atoms with Crippen LogP contribution < -0.4 is 15.8 Å². The molecule has 7 nitrogen and oxygen atoms in total. The highest BCUT2D eigenvalue weighted by atomic mass is 16.6. The number of nitrogens with zero attached hydrogens (tertiary/aromatic N) is 1. The van der Waals surface area contributed by atoms with Gasteiger partial charge in [-0.05, 0) is 25.5 Å². The Morgan fingerprint density at radius 2 is 2.21 bits per heavy atom. The summed E-state index contributed by atoms with van der Waals surface area (Å²) in [5, 5.41) is 13.4. The topological polar surface area (TPSA) is 107 Å². The van der Waals surface area contributed by atoms with E-state index in [9.17, 15) is 14.9 Å². The largest absolute Gasteiger partial charge is 0.496 e. The molecule has 3 N–H and O–H groups in total. The van der Waals surface area contributed by atoms with Crippen LogP contribution in [0.4, 0.5) is 11.4 Å². The van der Waals surface area contributed by atoms with Crippen LogP contribution >= 0.6 is 0 Å². The molecule has 1 aromatic rings. The van der Waals surface area contributed by atoms with Crippen LogP contribution in [-0.2, 0) is 4.79 Å². The number of anilines is 1. The zero-order chi connectivity index (χ0) is 14.6. The number of carbonyl (C=O) groups is 1. The lowest BCUT2D eigenvalue weighted by Crippen LogP contribution is -2.47. The predicted molar refractivity (Wildman–Crippen MR) is 71.2 cm³/mol. The van der Waals surface area contributed by atoms with Crippen molar-refractivity contribution in [2.75, 3.05) is 12.4 Å². The Hall–Kier alpha value is -2.15. The fourth-order valence-electron chi connectivity index (χ4n) is 1.32. The summed E-state index contributed by atoms with van der Waals surface area (Å²) in [7, 11) is 1.41. The first-order valence-electron chi connectivity index (χ1n) is 5.74. The molecule has 0 bridgehead atoms. The van der Waals surface area contributed by atoms with E-state index in [-0.39, 0.29) is 11.4 Å².